The maximum absolute atomic E-state index is 13.0. The Labute approximate surface area is 216 Å². The van der Waals surface area contributed by atoms with Gasteiger partial charge in [0.15, 0.2) is 0 Å². The lowest BCUT2D eigenvalue weighted by atomic mass is 10.2. The first-order valence-electron chi connectivity index (χ1n) is 10.9. The van der Waals surface area contributed by atoms with E-state index in [1.807, 2.05) is 13.0 Å². The summed E-state index contributed by atoms with van der Waals surface area (Å²) in [6, 6.07) is 16.5. The van der Waals surface area contributed by atoms with E-state index < -0.39 is 22.0 Å². The SMILES string of the molecule is Cc1ccc(S(=O)(=O)N[C@@H](C)C(=O)Oc2ccc3c(=O)c(Oc4ccccc4Br)c(C)oc3c2)cc1. The largest absolute Gasteiger partial charge is 0.457 e. The van der Waals surface area contributed by atoms with Crippen LogP contribution in [0.25, 0.3) is 11.0 Å². The van der Waals surface area contributed by atoms with Gasteiger partial charge in [-0.2, -0.15) is 4.72 Å². The van der Waals surface area contributed by atoms with Crippen LogP contribution in [0.5, 0.6) is 17.2 Å². The van der Waals surface area contributed by atoms with Crippen molar-refractivity contribution in [1.29, 1.82) is 0 Å². The van der Waals surface area contributed by atoms with E-state index in [-0.39, 0.29) is 38.6 Å². The second-order valence-electron chi connectivity index (χ2n) is 8.08. The molecule has 0 saturated heterocycles. The number of ether oxygens (including phenoxy) is 2. The number of halogens is 1. The van der Waals surface area contributed by atoms with Crippen molar-refractivity contribution in [2.24, 2.45) is 0 Å². The number of fused-ring (bicyclic) bond motifs is 1. The Hall–Kier alpha value is -3.47. The Bertz CT molecular complexity index is 1610. The van der Waals surface area contributed by atoms with Gasteiger partial charge in [0, 0.05) is 6.07 Å². The predicted octanol–water partition coefficient (Wildman–Crippen LogP) is 5.24. The first kappa shape index (κ1) is 25.6. The maximum Gasteiger partial charge on any atom is 0.329 e. The minimum Gasteiger partial charge on any atom is -0.457 e. The van der Waals surface area contributed by atoms with Crippen LogP contribution in [0.3, 0.4) is 0 Å². The van der Waals surface area contributed by atoms with E-state index in [2.05, 4.69) is 20.7 Å². The molecule has 3 aromatic carbocycles. The van der Waals surface area contributed by atoms with Crippen molar-refractivity contribution in [2.45, 2.75) is 31.7 Å². The fraction of sp³-hybridized carbons (Fsp3) is 0.154. The molecule has 1 aromatic heterocycles. The Morgan fingerprint density at radius 3 is 2.42 bits per heavy atom. The van der Waals surface area contributed by atoms with Crippen LogP contribution in [-0.4, -0.2) is 20.4 Å². The lowest BCUT2D eigenvalue weighted by Crippen LogP contribution is -2.40. The highest BCUT2D eigenvalue weighted by atomic mass is 79.9. The van der Waals surface area contributed by atoms with E-state index in [1.165, 1.54) is 37.3 Å². The molecule has 10 heteroatoms. The van der Waals surface area contributed by atoms with Crippen LogP contribution in [0.1, 0.15) is 18.2 Å². The molecule has 0 aliphatic heterocycles. The van der Waals surface area contributed by atoms with Crippen molar-refractivity contribution in [2.75, 3.05) is 0 Å². The van der Waals surface area contributed by atoms with Gasteiger partial charge >= 0.3 is 5.97 Å². The molecule has 0 bridgehead atoms. The van der Waals surface area contributed by atoms with Gasteiger partial charge in [0.1, 0.15) is 28.9 Å². The number of carbonyl (C=O) groups is 1. The van der Waals surface area contributed by atoms with E-state index in [4.69, 9.17) is 13.9 Å². The fourth-order valence-electron chi connectivity index (χ4n) is 3.36. The third-order valence-electron chi connectivity index (χ3n) is 5.27. The van der Waals surface area contributed by atoms with Crippen molar-refractivity contribution in [1.82, 2.24) is 4.72 Å². The average Bonchev–Trinajstić information content (AvgIpc) is 2.82. The van der Waals surface area contributed by atoms with Crippen molar-refractivity contribution in [3.05, 3.63) is 92.7 Å². The quantitative estimate of drug-likeness (QED) is 0.238. The zero-order valence-electron chi connectivity index (χ0n) is 19.6. The van der Waals surface area contributed by atoms with E-state index in [1.54, 1.807) is 37.3 Å². The fourth-order valence-corrected chi connectivity index (χ4v) is 4.92. The molecule has 186 valence electrons. The number of esters is 1. The Morgan fingerprint density at radius 2 is 1.72 bits per heavy atom. The molecule has 1 heterocycles. The van der Waals surface area contributed by atoms with Crippen LogP contribution < -0.4 is 19.6 Å². The molecule has 1 N–H and O–H groups in total. The van der Waals surface area contributed by atoms with Gasteiger partial charge in [-0.1, -0.05) is 29.8 Å². The van der Waals surface area contributed by atoms with E-state index >= 15 is 0 Å². The van der Waals surface area contributed by atoms with Gasteiger partial charge < -0.3 is 13.9 Å². The highest BCUT2D eigenvalue weighted by molar-refractivity contribution is 9.10. The smallest absolute Gasteiger partial charge is 0.329 e. The number of para-hydroxylation sites is 1. The third-order valence-corrected chi connectivity index (χ3v) is 7.48. The topological polar surface area (TPSA) is 112 Å². The van der Waals surface area contributed by atoms with Gasteiger partial charge in [-0.25, -0.2) is 13.2 Å². The summed E-state index contributed by atoms with van der Waals surface area (Å²) < 4.78 is 45.0. The number of nitrogens with one attached hydrogen (secondary N) is 1. The molecule has 0 aliphatic carbocycles. The molecule has 1 atom stereocenters. The van der Waals surface area contributed by atoms with Crippen LogP contribution in [0.2, 0.25) is 0 Å². The molecule has 0 radical (unpaired) electrons. The zero-order chi connectivity index (χ0) is 26.0. The molecular weight excluding hydrogens is 550 g/mol. The summed E-state index contributed by atoms with van der Waals surface area (Å²) in [4.78, 5) is 25.6. The van der Waals surface area contributed by atoms with Crippen LogP contribution in [0, 0.1) is 13.8 Å². The summed E-state index contributed by atoms with van der Waals surface area (Å²) in [6.07, 6.45) is 0. The second-order valence-corrected chi connectivity index (χ2v) is 10.7. The molecule has 0 unspecified atom stereocenters. The highest BCUT2D eigenvalue weighted by Crippen LogP contribution is 2.31. The monoisotopic (exact) mass is 571 g/mol. The molecule has 8 nitrogen and oxygen atoms in total. The molecule has 4 aromatic rings. The number of hydrogen-bond donors (Lipinski definition) is 1. The third kappa shape index (κ3) is 5.51. The van der Waals surface area contributed by atoms with Crippen molar-refractivity contribution >= 4 is 42.9 Å². The number of rotatable bonds is 7. The van der Waals surface area contributed by atoms with Crippen LogP contribution in [0.15, 0.2) is 85.3 Å². The van der Waals surface area contributed by atoms with E-state index in [0.29, 0.717) is 10.2 Å². The number of benzene rings is 3. The van der Waals surface area contributed by atoms with E-state index in [9.17, 15) is 18.0 Å². The lowest BCUT2D eigenvalue weighted by Gasteiger charge is -2.14. The number of aryl methyl sites for hydroxylation is 2. The summed E-state index contributed by atoms with van der Waals surface area (Å²) in [7, 11) is -3.92. The Kier molecular flexibility index (Phi) is 7.30. The Morgan fingerprint density at radius 1 is 1.03 bits per heavy atom. The number of carbonyl (C=O) groups excluding carboxylic acids is 1. The van der Waals surface area contributed by atoms with Crippen molar-refractivity contribution in [3.8, 4) is 17.2 Å². The minimum absolute atomic E-state index is 0.0382. The molecule has 0 saturated carbocycles. The summed E-state index contributed by atoms with van der Waals surface area (Å²) in [6.45, 7) is 4.81. The molecule has 0 aliphatic rings. The standard InChI is InChI=1S/C26H22BrNO7S/c1-15-8-11-19(12-9-15)36(31,32)28-16(2)26(30)34-18-10-13-20-23(14-18)33-17(3)25(24(20)29)35-22-7-5-4-6-21(22)27/h4-14,16,28H,1-3H3/t16-/m0/s1. The zero-order valence-corrected chi connectivity index (χ0v) is 22.0. The minimum atomic E-state index is -3.92. The maximum atomic E-state index is 13.0. The first-order chi connectivity index (χ1) is 17.0. The lowest BCUT2D eigenvalue weighted by molar-refractivity contribution is -0.135. The first-order valence-corrected chi connectivity index (χ1v) is 13.1. The summed E-state index contributed by atoms with van der Waals surface area (Å²) in [5, 5.41) is 0.232. The second kappa shape index (κ2) is 10.3. The average molecular weight is 572 g/mol. The van der Waals surface area contributed by atoms with Crippen LogP contribution in [0.4, 0.5) is 0 Å². The van der Waals surface area contributed by atoms with Crippen molar-refractivity contribution in [3.63, 3.8) is 0 Å². The molecule has 0 amide bonds. The molecule has 36 heavy (non-hydrogen) atoms. The summed E-state index contributed by atoms with van der Waals surface area (Å²) >= 11 is 3.38. The molecule has 4 rings (SSSR count). The predicted molar refractivity (Wildman–Crippen MR) is 138 cm³/mol. The van der Waals surface area contributed by atoms with Gasteiger partial charge in [-0.15, -0.1) is 0 Å². The van der Waals surface area contributed by atoms with Gasteiger partial charge in [-0.3, -0.25) is 4.79 Å². The van der Waals surface area contributed by atoms with Crippen LogP contribution in [-0.2, 0) is 14.8 Å². The molecule has 0 spiro atoms. The molecular formula is C26H22BrNO7S. The Balaban J connectivity index is 1.53. The normalized spacial score (nSPS) is 12.3. The summed E-state index contributed by atoms with van der Waals surface area (Å²) in [5.41, 5.74) is 0.711. The van der Waals surface area contributed by atoms with Gasteiger partial charge in [0.25, 0.3) is 0 Å². The van der Waals surface area contributed by atoms with E-state index in [0.717, 1.165) is 5.56 Å². The van der Waals surface area contributed by atoms with Gasteiger partial charge in [-0.05, 0) is 73.1 Å². The number of sulfonamides is 1. The summed E-state index contributed by atoms with van der Waals surface area (Å²) in [5.74, 6) is 0.0120. The van der Waals surface area contributed by atoms with Gasteiger partial charge in [0.05, 0.1) is 14.8 Å². The van der Waals surface area contributed by atoms with Crippen molar-refractivity contribution < 1.29 is 27.1 Å². The van der Waals surface area contributed by atoms with Crippen LogP contribution >= 0.6 is 15.9 Å². The molecule has 0 fully saturated rings. The van der Waals surface area contributed by atoms with Gasteiger partial charge in [0.2, 0.25) is 21.2 Å². The number of hydrogen-bond acceptors (Lipinski definition) is 7. The highest BCUT2D eigenvalue weighted by Gasteiger charge is 2.24.